The summed E-state index contributed by atoms with van der Waals surface area (Å²) in [6.45, 7) is 0. The van der Waals surface area contributed by atoms with E-state index in [1.165, 1.54) is 11.3 Å². The predicted octanol–water partition coefficient (Wildman–Crippen LogP) is 1.64. The lowest BCUT2D eigenvalue weighted by atomic mass is 9.94. The van der Waals surface area contributed by atoms with Crippen molar-refractivity contribution in [3.8, 4) is 0 Å². The van der Waals surface area contributed by atoms with E-state index in [0.717, 1.165) is 0 Å². The van der Waals surface area contributed by atoms with Gasteiger partial charge in [0.2, 0.25) is 0 Å². The molecule has 0 amide bonds. The minimum absolute atomic E-state index is 0.375. The highest BCUT2D eigenvalue weighted by Crippen LogP contribution is 2.28. The Morgan fingerprint density at radius 3 is 3.15 bits per heavy atom. The smallest absolute Gasteiger partial charge is 0.0981 e. The van der Waals surface area contributed by atoms with Crippen molar-refractivity contribution in [2.24, 2.45) is 0 Å². The Balaban J connectivity index is 2.15. The van der Waals surface area contributed by atoms with E-state index >= 15 is 0 Å². The van der Waals surface area contributed by atoms with Gasteiger partial charge >= 0.3 is 0 Å². The fraction of sp³-hybridized carbons (Fsp3) is 0.0909. The van der Waals surface area contributed by atoms with Crippen LogP contribution in [0.15, 0.2) is 60.3 Å². The molecule has 1 atom stereocenters. The average molecular weight is 170 g/mol. The molecule has 0 radical (unpaired) electrons. The normalized spacial score (nSPS) is 27.7. The van der Waals surface area contributed by atoms with Crippen LogP contribution in [-0.2, 0) is 0 Å². The maximum atomic E-state index is 3.26. The highest BCUT2D eigenvalue weighted by atomic mass is 15.2. The molecule has 3 aliphatic rings. The number of nitrogens with one attached hydrogen (secondary N) is 1. The summed E-state index contributed by atoms with van der Waals surface area (Å²) in [5, 5.41) is 3.26. The first kappa shape index (κ1) is 6.78. The van der Waals surface area contributed by atoms with Crippen LogP contribution in [0.4, 0.5) is 0 Å². The van der Waals surface area contributed by atoms with Gasteiger partial charge in [0.25, 0.3) is 0 Å². The van der Waals surface area contributed by atoms with Crippen LogP contribution in [0, 0.1) is 0 Å². The van der Waals surface area contributed by atoms with E-state index in [1.54, 1.807) is 0 Å². The van der Waals surface area contributed by atoms with Gasteiger partial charge in [0.1, 0.15) is 0 Å². The molecule has 2 aliphatic heterocycles. The first-order chi connectivity index (χ1) is 6.45. The standard InChI is InChI=1S/C11H10N2/c1-3-9-4-2-7-13-8-6-12-10(5-1)11(9)13/h1-8,11-12H. The zero-order chi connectivity index (χ0) is 8.67. The first-order valence-corrected chi connectivity index (χ1v) is 4.42. The molecule has 13 heavy (non-hydrogen) atoms. The second-order valence-electron chi connectivity index (χ2n) is 3.30. The Morgan fingerprint density at radius 2 is 2.15 bits per heavy atom. The molecule has 2 heterocycles. The summed E-state index contributed by atoms with van der Waals surface area (Å²) in [6.07, 6.45) is 16.7. The largest absolute Gasteiger partial charge is 0.362 e. The monoisotopic (exact) mass is 170 g/mol. The van der Waals surface area contributed by atoms with Crippen molar-refractivity contribution in [2.75, 3.05) is 0 Å². The van der Waals surface area contributed by atoms with Gasteiger partial charge < -0.3 is 10.2 Å². The van der Waals surface area contributed by atoms with Crippen LogP contribution >= 0.6 is 0 Å². The summed E-state index contributed by atoms with van der Waals surface area (Å²) in [7, 11) is 0. The van der Waals surface area contributed by atoms with Gasteiger partial charge in [-0.3, -0.25) is 0 Å². The lowest BCUT2D eigenvalue weighted by Gasteiger charge is -2.37. The molecule has 0 aromatic heterocycles. The van der Waals surface area contributed by atoms with E-state index in [2.05, 4.69) is 53.0 Å². The van der Waals surface area contributed by atoms with Crippen LogP contribution in [0.3, 0.4) is 0 Å². The molecule has 0 saturated carbocycles. The lowest BCUT2D eigenvalue weighted by Crippen LogP contribution is -2.39. The Morgan fingerprint density at radius 1 is 1.15 bits per heavy atom. The second-order valence-corrected chi connectivity index (χ2v) is 3.30. The van der Waals surface area contributed by atoms with E-state index in [9.17, 15) is 0 Å². The molecular formula is C11H10N2. The summed E-state index contributed by atoms with van der Waals surface area (Å²) in [6, 6.07) is 0.375. The Labute approximate surface area is 77.2 Å². The Bertz CT molecular complexity index is 383. The van der Waals surface area contributed by atoms with Crippen molar-refractivity contribution >= 4 is 0 Å². The van der Waals surface area contributed by atoms with Crippen LogP contribution in [-0.4, -0.2) is 10.9 Å². The number of hydrogen-bond acceptors (Lipinski definition) is 2. The molecule has 0 aromatic rings. The molecule has 0 saturated heterocycles. The van der Waals surface area contributed by atoms with E-state index in [4.69, 9.17) is 0 Å². The number of nitrogens with zero attached hydrogens (tertiary/aromatic N) is 1. The van der Waals surface area contributed by atoms with E-state index in [-0.39, 0.29) is 0 Å². The molecule has 0 spiro atoms. The molecule has 2 heteroatoms. The van der Waals surface area contributed by atoms with Crippen LogP contribution < -0.4 is 5.32 Å². The molecule has 0 aromatic carbocycles. The molecule has 1 aliphatic carbocycles. The molecule has 2 nitrogen and oxygen atoms in total. The molecule has 0 fully saturated rings. The first-order valence-electron chi connectivity index (χ1n) is 4.42. The molecule has 64 valence electrons. The third-order valence-corrected chi connectivity index (χ3v) is 2.52. The topological polar surface area (TPSA) is 15.3 Å². The minimum atomic E-state index is 0.375. The third-order valence-electron chi connectivity index (χ3n) is 2.52. The van der Waals surface area contributed by atoms with Gasteiger partial charge in [0.05, 0.1) is 6.04 Å². The summed E-state index contributed by atoms with van der Waals surface area (Å²) in [5.41, 5.74) is 2.59. The van der Waals surface area contributed by atoms with Gasteiger partial charge in [-0.05, 0) is 17.7 Å². The van der Waals surface area contributed by atoms with Crippen molar-refractivity contribution in [3.05, 3.63) is 60.3 Å². The van der Waals surface area contributed by atoms with Crippen LogP contribution in [0.5, 0.6) is 0 Å². The van der Waals surface area contributed by atoms with Gasteiger partial charge in [-0.15, -0.1) is 0 Å². The van der Waals surface area contributed by atoms with Crippen molar-refractivity contribution in [1.82, 2.24) is 10.2 Å². The Kier molecular flexibility index (Phi) is 1.25. The quantitative estimate of drug-likeness (QED) is 0.594. The average Bonchev–Trinajstić information content (AvgIpc) is 2.19. The van der Waals surface area contributed by atoms with Crippen LogP contribution in [0.25, 0.3) is 0 Å². The van der Waals surface area contributed by atoms with Crippen LogP contribution in [0.1, 0.15) is 0 Å². The summed E-state index contributed by atoms with van der Waals surface area (Å²) in [4.78, 5) is 2.21. The van der Waals surface area contributed by atoms with Crippen molar-refractivity contribution in [3.63, 3.8) is 0 Å². The second kappa shape index (κ2) is 2.39. The van der Waals surface area contributed by atoms with Crippen molar-refractivity contribution in [2.45, 2.75) is 6.04 Å². The zero-order valence-corrected chi connectivity index (χ0v) is 7.14. The fourth-order valence-corrected chi connectivity index (χ4v) is 1.93. The summed E-state index contributed by atoms with van der Waals surface area (Å²) in [5.74, 6) is 0. The van der Waals surface area contributed by atoms with E-state index in [1.807, 2.05) is 6.20 Å². The van der Waals surface area contributed by atoms with E-state index < -0.39 is 0 Å². The number of allylic oxidation sites excluding steroid dienone is 4. The van der Waals surface area contributed by atoms with Crippen molar-refractivity contribution in [1.29, 1.82) is 0 Å². The SMILES string of the molecule is C1=CC2=CC=CN3C=CNC(=C1)C23. The zero-order valence-electron chi connectivity index (χ0n) is 7.14. The minimum Gasteiger partial charge on any atom is -0.362 e. The fourth-order valence-electron chi connectivity index (χ4n) is 1.93. The highest BCUT2D eigenvalue weighted by Gasteiger charge is 2.26. The van der Waals surface area contributed by atoms with Gasteiger partial charge in [-0.25, -0.2) is 0 Å². The lowest BCUT2D eigenvalue weighted by molar-refractivity contribution is 0.420. The van der Waals surface area contributed by atoms with Gasteiger partial charge in [0.15, 0.2) is 0 Å². The Hall–Kier alpha value is -1.70. The number of hydrogen-bond donors (Lipinski definition) is 1. The summed E-state index contributed by atoms with van der Waals surface area (Å²) < 4.78 is 0. The highest BCUT2D eigenvalue weighted by molar-refractivity contribution is 5.47. The summed E-state index contributed by atoms with van der Waals surface area (Å²) >= 11 is 0. The molecule has 0 bridgehead atoms. The van der Waals surface area contributed by atoms with Crippen molar-refractivity contribution < 1.29 is 0 Å². The maximum absolute atomic E-state index is 3.26. The third kappa shape index (κ3) is 0.886. The maximum Gasteiger partial charge on any atom is 0.0981 e. The predicted molar refractivity (Wildman–Crippen MR) is 52.3 cm³/mol. The van der Waals surface area contributed by atoms with Gasteiger partial charge in [0, 0.05) is 24.3 Å². The van der Waals surface area contributed by atoms with E-state index in [0.29, 0.717) is 6.04 Å². The molecular weight excluding hydrogens is 160 g/mol. The molecule has 1 N–H and O–H groups in total. The number of rotatable bonds is 0. The molecule has 3 rings (SSSR count). The molecule has 1 unspecified atom stereocenters. The van der Waals surface area contributed by atoms with Gasteiger partial charge in [-0.2, -0.15) is 0 Å². The van der Waals surface area contributed by atoms with Crippen LogP contribution in [0.2, 0.25) is 0 Å². The van der Waals surface area contributed by atoms with Gasteiger partial charge in [-0.1, -0.05) is 18.2 Å².